The number of nitrogens with two attached hydrogens (primary N) is 1. The Hall–Kier alpha value is -3.15. The lowest BCUT2D eigenvalue weighted by Gasteiger charge is -2.33. The molecule has 9 nitrogen and oxygen atoms in total. The van der Waals surface area contributed by atoms with Crippen molar-refractivity contribution in [3.05, 3.63) is 75.0 Å². The number of H-pyrrole nitrogens is 1. The number of fused-ring (bicyclic) bond motifs is 1. The Bertz CT molecular complexity index is 1520. The van der Waals surface area contributed by atoms with Crippen LogP contribution in [0.3, 0.4) is 0 Å². The Labute approximate surface area is 238 Å². The molecule has 5 rings (SSSR count). The van der Waals surface area contributed by atoms with Crippen LogP contribution in [0, 0.1) is 6.92 Å². The largest absolute Gasteiger partial charge is 0.482 e. The molecule has 12 heteroatoms. The van der Waals surface area contributed by atoms with Crippen molar-refractivity contribution in [3.8, 4) is 5.75 Å². The number of likely N-dealkylation sites (tertiary alicyclic amines) is 1. The highest BCUT2D eigenvalue weighted by molar-refractivity contribution is 7.22. The molecule has 0 spiro atoms. The molecule has 204 valence electrons. The van der Waals surface area contributed by atoms with E-state index in [0.29, 0.717) is 28.2 Å². The maximum absolute atomic E-state index is 12.9. The fourth-order valence-corrected chi connectivity index (χ4v) is 5.89. The quantitative estimate of drug-likeness (QED) is 0.207. The van der Waals surface area contributed by atoms with Crippen molar-refractivity contribution < 1.29 is 19.4 Å². The van der Waals surface area contributed by atoms with E-state index < -0.39 is 11.9 Å². The summed E-state index contributed by atoms with van der Waals surface area (Å²) in [6.45, 7) is 4.03. The lowest BCUT2D eigenvalue weighted by Crippen LogP contribution is -2.42. The molecule has 0 saturated carbocycles. The van der Waals surface area contributed by atoms with Crippen molar-refractivity contribution in [3.63, 3.8) is 0 Å². The normalized spacial score (nSPS) is 15.4. The van der Waals surface area contributed by atoms with Gasteiger partial charge in [-0.1, -0.05) is 64.9 Å². The first kappa shape index (κ1) is 27.4. The number of halogens is 2. The molecule has 4 aromatic rings. The lowest BCUT2D eigenvalue weighted by molar-refractivity contribution is 0.0695. The van der Waals surface area contributed by atoms with Gasteiger partial charge in [0.05, 0.1) is 20.3 Å². The summed E-state index contributed by atoms with van der Waals surface area (Å²) in [6.07, 6.45) is 1.44. The van der Waals surface area contributed by atoms with Crippen LogP contribution in [-0.4, -0.2) is 57.5 Å². The van der Waals surface area contributed by atoms with Crippen LogP contribution < -0.4 is 15.8 Å². The Morgan fingerprint density at radius 3 is 2.59 bits per heavy atom. The summed E-state index contributed by atoms with van der Waals surface area (Å²) in [4.78, 5) is 34.6. The van der Waals surface area contributed by atoms with Crippen molar-refractivity contribution in [2.24, 2.45) is 5.73 Å². The van der Waals surface area contributed by atoms with Gasteiger partial charge < -0.3 is 20.6 Å². The zero-order valence-corrected chi connectivity index (χ0v) is 23.4. The highest BCUT2D eigenvalue weighted by Gasteiger charge is 2.25. The van der Waals surface area contributed by atoms with E-state index in [-0.39, 0.29) is 38.6 Å². The number of hydrogen-bond donors (Lipinski definition) is 4. The standard InChI is InChI=1S/C27H27Cl2N5O4S/c1-14-21(28)22(29)24(31-14)25(35)33-27-32-23-18(11-16(26(36)37)12-20(23)39-27)38-19(15-5-3-2-4-6-15)13-34-9-7-17(30)8-10-34/h2-6,11-12,17,19,31H,7-10,13,30H2,1H3,(H,36,37)(H,32,33,35). The summed E-state index contributed by atoms with van der Waals surface area (Å²) in [6, 6.07) is 13.0. The zero-order chi connectivity index (χ0) is 27.7. The van der Waals surface area contributed by atoms with Crippen molar-refractivity contribution >= 4 is 61.8 Å². The minimum Gasteiger partial charge on any atom is -0.482 e. The van der Waals surface area contributed by atoms with Gasteiger partial charge in [-0.2, -0.15) is 0 Å². The Balaban J connectivity index is 1.47. The van der Waals surface area contributed by atoms with E-state index in [1.54, 1.807) is 6.92 Å². The smallest absolute Gasteiger partial charge is 0.335 e. The third-order valence-electron chi connectivity index (χ3n) is 6.71. The van der Waals surface area contributed by atoms with Crippen LogP contribution in [0.25, 0.3) is 10.2 Å². The fraction of sp³-hybridized carbons (Fsp3) is 0.296. The van der Waals surface area contributed by atoms with E-state index in [0.717, 1.165) is 42.8 Å². The van der Waals surface area contributed by atoms with Crippen LogP contribution in [0.15, 0.2) is 42.5 Å². The average Bonchev–Trinajstić information content (AvgIpc) is 3.45. The summed E-state index contributed by atoms with van der Waals surface area (Å²) < 4.78 is 7.08. The first-order valence-corrected chi connectivity index (χ1v) is 14.0. The van der Waals surface area contributed by atoms with Crippen molar-refractivity contribution in [2.45, 2.75) is 31.9 Å². The van der Waals surface area contributed by atoms with Crippen LogP contribution in [0.4, 0.5) is 5.13 Å². The number of aromatic amines is 1. The number of carboxylic acid groups (broad SMARTS) is 1. The third-order valence-corrected chi connectivity index (χ3v) is 8.57. The molecule has 1 unspecified atom stereocenters. The number of aromatic carboxylic acids is 1. The van der Waals surface area contributed by atoms with Crippen molar-refractivity contribution in [2.75, 3.05) is 25.0 Å². The third kappa shape index (κ3) is 6.05. The van der Waals surface area contributed by atoms with E-state index in [2.05, 4.69) is 20.2 Å². The van der Waals surface area contributed by atoms with E-state index in [1.807, 2.05) is 30.3 Å². The van der Waals surface area contributed by atoms with Crippen LogP contribution in [0.5, 0.6) is 5.75 Å². The number of aryl methyl sites for hydroxylation is 1. The van der Waals surface area contributed by atoms with E-state index in [1.165, 1.54) is 12.1 Å². The number of hydrogen-bond acceptors (Lipinski definition) is 7. The molecule has 1 aliphatic heterocycles. The number of nitrogens with zero attached hydrogens (tertiary/aromatic N) is 2. The van der Waals surface area contributed by atoms with Gasteiger partial charge in [0.2, 0.25) is 0 Å². The first-order chi connectivity index (χ1) is 18.7. The fourth-order valence-electron chi connectivity index (χ4n) is 4.55. The number of thiazole rings is 1. The summed E-state index contributed by atoms with van der Waals surface area (Å²) in [5, 5.41) is 13.2. The number of carboxylic acids is 1. The Kier molecular flexibility index (Phi) is 8.11. The number of rotatable bonds is 8. The van der Waals surface area contributed by atoms with E-state index in [4.69, 9.17) is 33.7 Å². The highest BCUT2D eigenvalue weighted by Crippen LogP contribution is 2.37. The number of carbonyl (C=O) groups is 2. The van der Waals surface area contributed by atoms with Gasteiger partial charge in [-0.05, 0) is 50.6 Å². The van der Waals surface area contributed by atoms with Crippen LogP contribution >= 0.6 is 34.5 Å². The van der Waals surface area contributed by atoms with Gasteiger partial charge in [-0.3, -0.25) is 15.0 Å². The number of carbonyl (C=O) groups excluding carboxylic acids is 1. The second-order valence-electron chi connectivity index (χ2n) is 9.51. The van der Waals surface area contributed by atoms with Gasteiger partial charge in [0.1, 0.15) is 23.1 Å². The number of piperidine rings is 1. The van der Waals surface area contributed by atoms with Gasteiger partial charge in [0, 0.05) is 18.3 Å². The number of amides is 1. The van der Waals surface area contributed by atoms with Gasteiger partial charge in [-0.15, -0.1) is 0 Å². The molecular weight excluding hydrogens is 561 g/mol. The molecule has 1 saturated heterocycles. The lowest BCUT2D eigenvalue weighted by atomic mass is 10.0. The molecule has 3 heterocycles. The second-order valence-corrected chi connectivity index (χ2v) is 11.3. The monoisotopic (exact) mass is 587 g/mol. The number of nitrogens with one attached hydrogen (secondary N) is 2. The van der Waals surface area contributed by atoms with Gasteiger partial charge in [0.25, 0.3) is 5.91 Å². The minimum atomic E-state index is -1.09. The molecule has 0 radical (unpaired) electrons. The Morgan fingerprint density at radius 1 is 1.23 bits per heavy atom. The van der Waals surface area contributed by atoms with Crippen molar-refractivity contribution in [1.29, 1.82) is 0 Å². The van der Waals surface area contributed by atoms with E-state index in [9.17, 15) is 14.7 Å². The summed E-state index contributed by atoms with van der Waals surface area (Å²) in [7, 11) is 0. The SMILES string of the molecule is Cc1[nH]c(C(=O)Nc2nc3c(OC(CN4CCC(N)CC4)c4ccccc4)cc(C(=O)O)cc3s2)c(Cl)c1Cl. The van der Waals surface area contributed by atoms with Gasteiger partial charge in [0.15, 0.2) is 5.13 Å². The number of anilines is 1. The highest BCUT2D eigenvalue weighted by atomic mass is 35.5. The number of aromatic nitrogens is 2. The summed E-state index contributed by atoms with van der Waals surface area (Å²) in [5.74, 6) is -1.29. The van der Waals surface area contributed by atoms with Crippen LogP contribution in [0.2, 0.25) is 10.0 Å². The first-order valence-electron chi connectivity index (χ1n) is 12.4. The maximum atomic E-state index is 12.9. The van der Waals surface area contributed by atoms with Gasteiger partial charge in [-0.25, -0.2) is 9.78 Å². The molecule has 2 aromatic heterocycles. The number of benzene rings is 2. The summed E-state index contributed by atoms with van der Waals surface area (Å²) >= 11 is 13.5. The van der Waals surface area contributed by atoms with Crippen molar-refractivity contribution in [1.82, 2.24) is 14.9 Å². The van der Waals surface area contributed by atoms with E-state index >= 15 is 0 Å². The molecule has 39 heavy (non-hydrogen) atoms. The molecule has 1 aliphatic rings. The molecule has 0 aliphatic carbocycles. The van der Waals surface area contributed by atoms with Crippen LogP contribution in [-0.2, 0) is 0 Å². The molecule has 2 aromatic carbocycles. The molecule has 1 fully saturated rings. The minimum absolute atomic E-state index is 0.0598. The topological polar surface area (TPSA) is 134 Å². The molecule has 5 N–H and O–H groups in total. The predicted molar refractivity (Wildman–Crippen MR) is 154 cm³/mol. The second kappa shape index (κ2) is 11.5. The zero-order valence-electron chi connectivity index (χ0n) is 21.0. The number of ether oxygens (including phenoxy) is 1. The Morgan fingerprint density at radius 2 is 1.95 bits per heavy atom. The molecule has 1 atom stereocenters. The molecular formula is C27H27Cl2N5O4S. The maximum Gasteiger partial charge on any atom is 0.335 e. The predicted octanol–water partition coefficient (Wildman–Crippen LogP) is 5.73. The average molecular weight is 589 g/mol. The molecule has 0 bridgehead atoms. The van der Waals surface area contributed by atoms with Crippen LogP contribution in [0.1, 0.15) is 51.0 Å². The molecule has 1 amide bonds. The summed E-state index contributed by atoms with van der Waals surface area (Å²) in [5.41, 5.74) is 8.25. The van der Waals surface area contributed by atoms with Gasteiger partial charge >= 0.3 is 5.97 Å².